The second-order valence-electron chi connectivity index (χ2n) is 7.28. The Balaban J connectivity index is 1.77. The number of nitrogens with one attached hydrogen (secondary N) is 1. The topological polar surface area (TPSA) is 37.2 Å². The van der Waals surface area contributed by atoms with E-state index in [2.05, 4.69) is 59.4 Å². The Morgan fingerprint density at radius 2 is 1.91 bits per heavy atom. The van der Waals surface area contributed by atoms with Crippen molar-refractivity contribution in [2.75, 3.05) is 11.9 Å². The number of hydrogen-bond donors (Lipinski definition) is 2. The minimum Gasteiger partial charge on any atom is -0.396 e. The molecule has 1 aliphatic carbocycles. The third kappa shape index (κ3) is 1.99. The maximum Gasteiger partial charge on any atom is 0.0757 e. The highest BCUT2D eigenvalue weighted by molar-refractivity contribution is 5.66. The lowest BCUT2D eigenvalue weighted by Crippen LogP contribution is -2.43. The van der Waals surface area contributed by atoms with Crippen LogP contribution in [0.4, 0.5) is 5.69 Å². The maximum atomic E-state index is 10.0. The van der Waals surface area contributed by atoms with Gasteiger partial charge in [-0.3, -0.25) is 0 Å². The van der Waals surface area contributed by atoms with E-state index in [1.807, 2.05) is 0 Å². The second-order valence-corrected chi connectivity index (χ2v) is 7.28. The third-order valence-electron chi connectivity index (χ3n) is 5.62. The van der Waals surface area contributed by atoms with Crippen LogP contribution in [0.1, 0.15) is 44.7 Å². The van der Waals surface area contributed by atoms with Gasteiger partial charge >= 0.3 is 0 Å². The number of fused-ring (bicyclic) bond motifs is 3. The normalized spacial score (nSPS) is 25.4. The lowest BCUT2D eigenvalue weighted by molar-refractivity contribution is 0.0980. The first-order valence-corrected chi connectivity index (χ1v) is 8.32. The molecule has 1 aliphatic heterocycles. The average Bonchev–Trinajstić information content (AvgIpc) is 3.17. The van der Waals surface area contributed by atoms with Gasteiger partial charge in [0.05, 0.1) is 16.9 Å². The van der Waals surface area contributed by atoms with Crippen molar-refractivity contribution in [3.63, 3.8) is 0 Å². The Labute approximate surface area is 132 Å². The van der Waals surface area contributed by atoms with Crippen LogP contribution in [0, 0.1) is 5.41 Å². The van der Waals surface area contributed by atoms with Crippen molar-refractivity contribution in [2.45, 2.75) is 44.6 Å². The second kappa shape index (κ2) is 4.88. The van der Waals surface area contributed by atoms with E-state index in [0.29, 0.717) is 6.61 Å². The number of hydrogen-bond acceptors (Lipinski definition) is 2. The summed E-state index contributed by atoms with van der Waals surface area (Å²) < 4.78 is 2.30. The monoisotopic (exact) mass is 296 g/mol. The lowest BCUT2D eigenvalue weighted by atomic mass is 9.73. The van der Waals surface area contributed by atoms with E-state index in [1.54, 1.807) is 0 Å². The van der Waals surface area contributed by atoms with Crippen molar-refractivity contribution in [2.24, 2.45) is 5.41 Å². The first kappa shape index (κ1) is 13.9. The van der Waals surface area contributed by atoms with Gasteiger partial charge in [-0.05, 0) is 55.9 Å². The molecule has 0 bridgehead atoms. The summed E-state index contributed by atoms with van der Waals surface area (Å²) in [5.41, 5.74) is 3.63. The van der Waals surface area contributed by atoms with E-state index in [4.69, 9.17) is 0 Å². The van der Waals surface area contributed by atoms with Gasteiger partial charge in [0, 0.05) is 18.5 Å². The van der Waals surface area contributed by atoms with Crippen molar-refractivity contribution >= 4 is 5.69 Å². The molecule has 0 saturated heterocycles. The van der Waals surface area contributed by atoms with Gasteiger partial charge in [0.1, 0.15) is 0 Å². The fourth-order valence-corrected chi connectivity index (χ4v) is 4.59. The summed E-state index contributed by atoms with van der Waals surface area (Å²) in [6.07, 6.45) is 7.90. The summed E-state index contributed by atoms with van der Waals surface area (Å²) in [5.74, 6) is 0. The van der Waals surface area contributed by atoms with Crippen molar-refractivity contribution < 1.29 is 5.11 Å². The average molecular weight is 296 g/mol. The van der Waals surface area contributed by atoms with Crippen LogP contribution in [0.25, 0.3) is 5.69 Å². The molecular weight excluding hydrogens is 272 g/mol. The van der Waals surface area contributed by atoms with Gasteiger partial charge in [0.15, 0.2) is 0 Å². The predicted octanol–water partition coefficient (Wildman–Crippen LogP) is 4.06. The molecule has 4 rings (SSSR count). The molecule has 0 radical (unpaired) electrons. The number of benzene rings is 1. The summed E-state index contributed by atoms with van der Waals surface area (Å²) >= 11 is 0. The molecule has 0 spiro atoms. The minimum absolute atomic E-state index is 0.0726. The van der Waals surface area contributed by atoms with Gasteiger partial charge < -0.3 is 15.0 Å². The van der Waals surface area contributed by atoms with E-state index < -0.39 is 0 Å². The van der Waals surface area contributed by atoms with Crippen LogP contribution in [0.5, 0.6) is 0 Å². The Morgan fingerprint density at radius 3 is 2.68 bits per heavy atom. The van der Waals surface area contributed by atoms with E-state index in [9.17, 15) is 5.11 Å². The number of aromatic nitrogens is 1. The summed E-state index contributed by atoms with van der Waals surface area (Å²) in [6, 6.07) is 12.8. The fourth-order valence-electron chi connectivity index (χ4n) is 4.59. The van der Waals surface area contributed by atoms with Crippen LogP contribution in [0.15, 0.2) is 42.6 Å². The number of anilines is 1. The molecule has 1 atom stereocenters. The van der Waals surface area contributed by atoms with Gasteiger partial charge in [-0.25, -0.2) is 0 Å². The zero-order valence-electron chi connectivity index (χ0n) is 13.2. The molecular formula is C19H24N2O. The van der Waals surface area contributed by atoms with E-state index in [0.717, 1.165) is 19.3 Å². The number of nitrogens with zero attached hydrogens (tertiary/aromatic N) is 1. The predicted molar refractivity (Wildman–Crippen MR) is 89.3 cm³/mol. The number of para-hydroxylation sites is 2. The summed E-state index contributed by atoms with van der Waals surface area (Å²) in [7, 11) is 0. The van der Waals surface area contributed by atoms with Crippen molar-refractivity contribution in [1.29, 1.82) is 0 Å². The van der Waals surface area contributed by atoms with E-state index in [-0.39, 0.29) is 11.0 Å². The maximum absolute atomic E-state index is 10.0. The molecule has 2 aliphatic rings. The highest BCUT2D eigenvalue weighted by atomic mass is 16.3. The summed E-state index contributed by atoms with van der Waals surface area (Å²) in [4.78, 5) is 0. The molecule has 1 unspecified atom stereocenters. The number of aliphatic hydroxyl groups is 1. The van der Waals surface area contributed by atoms with Crippen LogP contribution in [0.3, 0.4) is 0 Å². The van der Waals surface area contributed by atoms with Gasteiger partial charge in [-0.1, -0.05) is 25.0 Å². The Hall–Kier alpha value is -1.74. The Morgan fingerprint density at radius 1 is 1.14 bits per heavy atom. The minimum atomic E-state index is -0.134. The first-order chi connectivity index (χ1) is 10.7. The molecule has 3 heteroatoms. The van der Waals surface area contributed by atoms with Crippen LogP contribution < -0.4 is 5.32 Å². The van der Waals surface area contributed by atoms with Crippen molar-refractivity contribution in [3.05, 3.63) is 48.3 Å². The quantitative estimate of drug-likeness (QED) is 0.896. The Bertz CT molecular complexity index is 684. The molecule has 1 aromatic carbocycles. The van der Waals surface area contributed by atoms with Crippen LogP contribution in [-0.2, 0) is 5.54 Å². The van der Waals surface area contributed by atoms with E-state index >= 15 is 0 Å². The van der Waals surface area contributed by atoms with Gasteiger partial charge in [0.2, 0.25) is 0 Å². The molecule has 1 saturated carbocycles. The molecule has 2 heterocycles. The van der Waals surface area contributed by atoms with Crippen molar-refractivity contribution in [3.8, 4) is 5.69 Å². The molecule has 116 valence electrons. The largest absolute Gasteiger partial charge is 0.396 e. The van der Waals surface area contributed by atoms with Gasteiger partial charge in [-0.15, -0.1) is 0 Å². The molecule has 3 nitrogen and oxygen atoms in total. The van der Waals surface area contributed by atoms with Gasteiger partial charge in [-0.2, -0.15) is 0 Å². The number of aliphatic hydroxyl groups excluding tert-OH is 1. The zero-order valence-corrected chi connectivity index (χ0v) is 13.2. The summed E-state index contributed by atoms with van der Waals surface area (Å²) in [6.45, 7) is 2.58. The highest BCUT2D eigenvalue weighted by Gasteiger charge is 2.44. The third-order valence-corrected chi connectivity index (χ3v) is 5.62. The van der Waals surface area contributed by atoms with E-state index in [1.165, 1.54) is 29.9 Å². The molecule has 1 aromatic heterocycles. The fraction of sp³-hybridized carbons (Fsp3) is 0.474. The zero-order chi connectivity index (χ0) is 15.2. The lowest BCUT2D eigenvalue weighted by Gasteiger charge is -2.43. The smallest absolute Gasteiger partial charge is 0.0757 e. The highest BCUT2D eigenvalue weighted by Crippen LogP contribution is 2.49. The van der Waals surface area contributed by atoms with Gasteiger partial charge in [0.25, 0.3) is 0 Å². The van der Waals surface area contributed by atoms with Crippen LogP contribution in [-0.4, -0.2) is 16.3 Å². The standard InChI is InChI=1S/C19H24N2O/c1-18(13-19(14-22)10-4-5-11-19)17-9-6-12-21(17)16-8-3-2-7-15(16)20-18/h2-3,6-9,12,20,22H,4-5,10-11,13-14H2,1H3. The van der Waals surface area contributed by atoms with Crippen molar-refractivity contribution in [1.82, 2.24) is 4.57 Å². The summed E-state index contributed by atoms with van der Waals surface area (Å²) in [5, 5.41) is 13.8. The Kier molecular flexibility index (Phi) is 3.08. The number of rotatable bonds is 3. The molecule has 2 aromatic rings. The molecule has 2 N–H and O–H groups in total. The molecule has 22 heavy (non-hydrogen) atoms. The van der Waals surface area contributed by atoms with Crippen LogP contribution in [0.2, 0.25) is 0 Å². The molecule has 0 amide bonds. The molecule has 1 fully saturated rings. The van der Waals surface area contributed by atoms with Crippen LogP contribution >= 0.6 is 0 Å². The SMILES string of the molecule is CC1(CC2(CO)CCCC2)Nc2ccccc2-n2cccc21. The first-order valence-electron chi connectivity index (χ1n) is 8.32.